The number of nitrogens with zero attached hydrogens (tertiary/aromatic N) is 3. The molecular weight excluding hydrogens is 264 g/mol. The van der Waals surface area contributed by atoms with Crippen LogP contribution in [0.25, 0.3) is 0 Å². The van der Waals surface area contributed by atoms with Crippen molar-refractivity contribution in [3.63, 3.8) is 0 Å². The van der Waals surface area contributed by atoms with E-state index in [1.807, 2.05) is 4.57 Å². The number of hydrogen-bond donors (Lipinski definition) is 1. The third-order valence-corrected chi connectivity index (χ3v) is 5.03. The van der Waals surface area contributed by atoms with E-state index in [0.29, 0.717) is 12.0 Å². The highest BCUT2D eigenvalue weighted by molar-refractivity contribution is 4.92. The van der Waals surface area contributed by atoms with E-state index in [1.54, 1.807) is 4.68 Å². The maximum Gasteiger partial charge on any atom is 0.345 e. The van der Waals surface area contributed by atoms with Crippen molar-refractivity contribution >= 4 is 0 Å². The maximum absolute atomic E-state index is 12.5. The molecule has 5 heteroatoms. The molecule has 1 aromatic rings. The molecule has 2 heterocycles. The maximum atomic E-state index is 12.5. The minimum absolute atomic E-state index is 0.103. The van der Waals surface area contributed by atoms with Crippen LogP contribution in [0.3, 0.4) is 0 Å². The lowest BCUT2D eigenvalue weighted by Gasteiger charge is -2.24. The highest BCUT2D eigenvalue weighted by Crippen LogP contribution is 2.28. The first-order valence-corrected chi connectivity index (χ1v) is 8.69. The first kappa shape index (κ1) is 14.8. The summed E-state index contributed by atoms with van der Waals surface area (Å²) in [6.07, 6.45) is 9.63. The molecule has 1 aliphatic heterocycles. The van der Waals surface area contributed by atoms with Crippen molar-refractivity contribution in [1.82, 2.24) is 19.7 Å². The molecule has 0 aromatic carbocycles. The Kier molecular flexibility index (Phi) is 4.78. The minimum atomic E-state index is 0.103. The summed E-state index contributed by atoms with van der Waals surface area (Å²) < 4.78 is 3.61. The number of aryl methyl sites for hydroxylation is 1. The van der Waals surface area contributed by atoms with Gasteiger partial charge in [0, 0.05) is 19.0 Å². The van der Waals surface area contributed by atoms with Gasteiger partial charge in [-0.05, 0) is 44.6 Å². The largest absolute Gasteiger partial charge is 0.345 e. The standard InChI is InChI=1S/C16H28N4O/c1-2-10-17-14(13-7-3-4-8-13)12-20-16(21)19-11-6-5-9-15(19)18-20/h13-14,17H,2-12H2,1H3. The lowest BCUT2D eigenvalue weighted by molar-refractivity contribution is 0.308. The van der Waals surface area contributed by atoms with Gasteiger partial charge in [-0.1, -0.05) is 19.8 Å². The van der Waals surface area contributed by atoms with Crippen LogP contribution in [0.4, 0.5) is 0 Å². The predicted molar refractivity (Wildman–Crippen MR) is 83.5 cm³/mol. The molecule has 21 heavy (non-hydrogen) atoms. The average Bonchev–Trinajstić information content (AvgIpc) is 3.13. The van der Waals surface area contributed by atoms with Crippen molar-refractivity contribution in [2.75, 3.05) is 6.54 Å². The number of rotatable bonds is 6. The number of hydrogen-bond acceptors (Lipinski definition) is 3. The van der Waals surface area contributed by atoms with Crippen LogP contribution in [0.1, 0.15) is 57.7 Å². The molecule has 5 nitrogen and oxygen atoms in total. The summed E-state index contributed by atoms with van der Waals surface area (Å²) in [6.45, 7) is 4.82. The van der Waals surface area contributed by atoms with E-state index in [-0.39, 0.29) is 5.69 Å². The van der Waals surface area contributed by atoms with Crippen molar-refractivity contribution in [1.29, 1.82) is 0 Å². The van der Waals surface area contributed by atoms with E-state index in [4.69, 9.17) is 0 Å². The normalized spacial score (nSPS) is 20.6. The third-order valence-electron chi connectivity index (χ3n) is 5.03. The van der Waals surface area contributed by atoms with Gasteiger partial charge in [0.2, 0.25) is 0 Å². The third kappa shape index (κ3) is 3.23. The monoisotopic (exact) mass is 292 g/mol. The molecule has 1 atom stereocenters. The molecule has 1 aliphatic carbocycles. The van der Waals surface area contributed by atoms with E-state index >= 15 is 0 Å². The van der Waals surface area contributed by atoms with E-state index in [2.05, 4.69) is 17.3 Å². The fourth-order valence-electron chi connectivity index (χ4n) is 3.82. The van der Waals surface area contributed by atoms with Gasteiger partial charge in [0.25, 0.3) is 0 Å². The number of nitrogens with one attached hydrogen (secondary N) is 1. The smallest absolute Gasteiger partial charge is 0.312 e. The molecule has 1 fully saturated rings. The molecule has 3 rings (SSSR count). The first-order chi connectivity index (χ1) is 10.3. The molecule has 1 aromatic heterocycles. The van der Waals surface area contributed by atoms with Gasteiger partial charge >= 0.3 is 5.69 Å². The van der Waals surface area contributed by atoms with E-state index in [9.17, 15) is 4.79 Å². The summed E-state index contributed by atoms with van der Waals surface area (Å²) in [4.78, 5) is 12.5. The van der Waals surface area contributed by atoms with Gasteiger partial charge in [0.15, 0.2) is 0 Å². The summed E-state index contributed by atoms with van der Waals surface area (Å²) in [5.74, 6) is 1.70. The Bertz CT molecular complexity index is 513. The molecule has 2 aliphatic rings. The summed E-state index contributed by atoms with van der Waals surface area (Å²) in [5, 5.41) is 8.26. The molecule has 1 saturated carbocycles. The van der Waals surface area contributed by atoms with Gasteiger partial charge in [-0.3, -0.25) is 4.57 Å². The number of fused-ring (bicyclic) bond motifs is 1. The molecule has 0 saturated heterocycles. The molecule has 0 bridgehead atoms. The van der Waals surface area contributed by atoms with Crippen molar-refractivity contribution in [3.05, 3.63) is 16.3 Å². The van der Waals surface area contributed by atoms with Crippen LogP contribution in [0, 0.1) is 5.92 Å². The van der Waals surface area contributed by atoms with Crippen molar-refractivity contribution < 1.29 is 0 Å². The lowest BCUT2D eigenvalue weighted by atomic mass is 9.98. The van der Waals surface area contributed by atoms with Crippen LogP contribution in [-0.4, -0.2) is 26.9 Å². The number of aromatic nitrogens is 3. The molecular formula is C16H28N4O. The molecule has 0 spiro atoms. The molecule has 0 amide bonds. The highest BCUT2D eigenvalue weighted by Gasteiger charge is 2.26. The molecule has 1 N–H and O–H groups in total. The predicted octanol–water partition coefficient (Wildman–Crippen LogP) is 1.94. The fourth-order valence-corrected chi connectivity index (χ4v) is 3.82. The van der Waals surface area contributed by atoms with Crippen LogP contribution in [0.2, 0.25) is 0 Å². The zero-order valence-corrected chi connectivity index (χ0v) is 13.2. The Hall–Kier alpha value is -1.10. The Morgan fingerprint density at radius 2 is 2.10 bits per heavy atom. The summed E-state index contributed by atoms with van der Waals surface area (Å²) in [6, 6.07) is 0.405. The lowest BCUT2D eigenvalue weighted by Crippen LogP contribution is -2.42. The Morgan fingerprint density at radius 1 is 1.29 bits per heavy atom. The van der Waals surface area contributed by atoms with Gasteiger partial charge in [0.05, 0.1) is 6.54 Å². The zero-order chi connectivity index (χ0) is 14.7. The van der Waals surface area contributed by atoms with Gasteiger partial charge in [-0.25, -0.2) is 9.48 Å². The van der Waals surface area contributed by atoms with Crippen molar-refractivity contribution in [2.45, 2.75) is 77.4 Å². The van der Waals surface area contributed by atoms with Crippen LogP contribution >= 0.6 is 0 Å². The summed E-state index contributed by atoms with van der Waals surface area (Å²) in [7, 11) is 0. The van der Waals surface area contributed by atoms with Gasteiger partial charge in [-0.2, -0.15) is 5.10 Å². The van der Waals surface area contributed by atoms with Crippen LogP contribution in [0.5, 0.6) is 0 Å². The van der Waals surface area contributed by atoms with Crippen LogP contribution in [0.15, 0.2) is 4.79 Å². The second-order valence-electron chi connectivity index (χ2n) is 6.59. The van der Waals surface area contributed by atoms with Crippen molar-refractivity contribution in [3.8, 4) is 0 Å². The SMILES string of the molecule is CCCNC(Cn1nc2n(c1=O)CCCC2)C1CCCC1. The molecule has 0 radical (unpaired) electrons. The van der Waals surface area contributed by atoms with Crippen LogP contribution in [-0.2, 0) is 19.5 Å². The quantitative estimate of drug-likeness (QED) is 0.872. The van der Waals surface area contributed by atoms with Crippen molar-refractivity contribution in [2.24, 2.45) is 5.92 Å². The molecule has 118 valence electrons. The van der Waals surface area contributed by atoms with Gasteiger partial charge in [0.1, 0.15) is 5.82 Å². The highest BCUT2D eigenvalue weighted by atomic mass is 16.2. The fraction of sp³-hybridized carbons (Fsp3) is 0.875. The second kappa shape index (κ2) is 6.77. The Labute approximate surface area is 126 Å². The zero-order valence-electron chi connectivity index (χ0n) is 13.2. The summed E-state index contributed by atoms with van der Waals surface area (Å²) >= 11 is 0. The Balaban J connectivity index is 1.75. The Morgan fingerprint density at radius 3 is 2.81 bits per heavy atom. The van der Waals surface area contributed by atoms with E-state index in [0.717, 1.165) is 51.1 Å². The topological polar surface area (TPSA) is 51.9 Å². The second-order valence-corrected chi connectivity index (χ2v) is 6.59. The van der Waals surface area contributed by atoms with Crippen LogP contribution < -0.4 is 11.0 Å². The average molecular weight is 292 g/mol. The van der Waals surface area contributed by atoms with Gasteiger partial charge in [-0.15, -0.1) is 0 Å². The minimum Gasteiger partial charge on any atom is -0.312 e. The van der Waals surface area contributed by atoms with E-state index in [1.165, 1.54) is 25.7 Å². The van der Waals surface area contributed by atoms with Gasteiger partial charge < -0.3 is 5.32 Å². The van der Waals surface area contributed by atoms with E-state index < -0.39 is 0 Å². The first-order valence-electron chi connectivity index (χ1n) is 8.69. The molecule has 1 unspecified atom stereocenters. The summed E-state index contributed by atoms with van der Waals surface area (Å²) in [5.41, 5.74) is 0.103.